The zero-order valence-electron chi connectivity index (χ0n) is 16.1. The summed E-state index contributed by atoms with van der Waals surface area (Å²) in [7, 11) is -3.83. The molecule has 2 unspecified atom stereocenters. The van der Waals surface area contributed by atoms with E-state index in [-0.39, 0.29) is 13.0 Å². The number of aromatic nitrogens is 1. The lowest BCUT2D eigenvalue weighted by Gasteiger charge is -2.28. The molecule has 0 radical (unpaired) electrons. The Morgan fingerprint density at radius 1 is 1.41 bits per heavy atom. The summed E-state index contributed by atoms with van der Waals surface area (Å²) in [5, 5.41) is 0. The van der Waals surface area contributed by atoms with Crippen molar-refractivity contribution in [2.24, 2.45) is 0 Å². The highest BCUT2D eigenvalue weighted by atomic mass is 79.9. The molecule has 0 aliphatic carbocycles. The van der Waals surface area contributed by atoms with Gasteiger partial charge in [-0.25, -0.2) is 23.5 Å². The Bertz CT molecular complexity index is 1060. The third kappa shape index (κ3) is 4.73. The number of oxazole rings is 1. The van der Waals surface area contributed by atoms with Crippen molar-refractivity contribution >= 4 is 42.8 Å². The third-order valence-corrected chi connectivity index (χ3v) is 7.68. The number of amides is 1. The van der Waals surface area contributed by atoms with Crippen LogP contribution in [0, 0.1) is 0 Å². The van der Waals surface area contributed by atoms with E-state index in [0.717, 1.165) is 23.6 Å². The first-order chi connectivity index (χ1) is 13.6. The fourth-order valence-electron chi connectivity index (χ4n) is 3.08. The molecule has 1 aliphatic rings. The van der Waals surface area contributed by atoms with Gasteiger partial charge in [0, 0.05) is 30.3 Å². The quantitative estimate of drug-likeness (QED) is 0.590. The van der Waals surface area contributed by atoms with E-state index in [4.69, 9.17) is 14.0 Å². The molecule has 29 heavy (non-hydrogen) atoms. The molecule has 3 rings (SSSR count). The Hall–Kier alpha value is -1.69. The van der Waals surface area contributed by atoms with Gasteiger partial charge in [-0.2, -0.15) is 0 Å². The number of fused-ring (bicyclic) bond motifs is 1. The standard InChI is InChI=1S/C18H23BrN2O7S/c1-18(29(2,24)25,16(22)20-28-15-5-3-4-10-26-15)8-9-21-13-7-6-12(19)11-14(13)27-17(21)23/h6-7,11,15H,3-5,8-10H2,1-2H3,(H,20,22). The SMILES string of the molecule is CC(CCn1c(=O)oc2cc(Br)ccc21)(C(=O)NOC1CCCCO1)S(C)(=O)=O. The number of halogens is 1. The number of benzene rings is 1. The van der Waals surface area contributed by atoms with E-state index in [1.165, 1.54) is 11.5 Å². The zero-order chi connectivity index (χ0) is 21.2. The van der Waals surface area contributed by atoms with Crippen LogP contribution in [0.3, 0.4) is 0 Å². The summed E-state index contributed by atoms with van der Waals surface area (Å²) in [6.07, 6.45) is 2.67. The van der Waals surface area contributed by atoms with Gasteiger partial charge in [0.05, 0.1) is 5.52 Å². The molecule has 1 fully saturated rings. The zero-order valence-corrected chi connectivity index (χ0v) is 18.5. The Kier molecular flexibility index (Phi) is 6.51. The van der Waals surface area contributed by atoms with Gasteiger partial charge < -0.3 is 9.15 Å². The van der Waals surface area contributed by atoms with Crippen molar-refractivity contribution in [3.05, 3.63) is 33.2 Å². The molecule has 1 aromatic heterocycles. The molecular weight excluding hydrogens is 468 g/mol. The van der Waals surface area contributed by atoms with E-state index < -0.39 is 32.5 Å². The average Bonchev–Trinajstić information content (AvgIpc) is 2.98. The predicted octanol–water partition coefficient (Wildman–Crippen LogP) is 2.12. The highest BCUT2D eigenvalue weighted by molar-refractivity contribution is 9.10. The van der Waals surface area contributed by atoms with Gasteiger partial charge >= 0.3 is 5.76 Å². The van der Waals surface area contributed by atoms with Gasteiger partial charge in [-0.05, 0) is 44.4 Å². The van der Waals surface area contributed by atoms with Crippen LogP contribution in [-0.4, -0.2) is 42.8 Å². The minimum absolute atomic E-state index is 0.0234. The van der Waals surface area contributed by atoms with Crippen molar-refractivity contribution in [1.29, 1.82) is 0 Å². The lowest BCUT2D eigenvalue weighted by Crippen LogP contribution is -2.51. The topological polar surface area (TPSA) is 117 Å². The minimum atomic E-state index is -3.83. The molecule has 1 saturated heterocycles. The number of rotatable bonds is 7. The Labute approximate surface area is 176 Å². The fraction of sp³-hybridized carbons (Fsp3) is 0.556. The van der Waals surface area contributed by atoms with Gasteiger partial charge in [0.1, 0.15) is 0 Å². The molecule has 9 nitrogen and oxygen atoms in total. The average molecular weight is 491 g/mol. The molecule has 0 bridgehead atoms. The number of aryl methyl sites for hydroxylation is 1. The number of nitrogens with zero attached hydrogens (tertiary/aromatic N) is 1. The summed E-state index contributed by atoms with van der Waals surface area (Å²) in [6, 6.07) is 5.08. The fourth-order valence-corrected chi connectivity index (χ4v) is 4.26. The van der Waals surface area contributed by atoms with Crippen molar-refractivity contribution in [3.8, 4) is 0 Å². The van der Waals surface area contributed by atoms with Crippen LogP contribution in [0.25, 0.3) is 11.1 Å². The summed E-state index contributed by atoms with van der Waals surface area (Å²) in [5.41, 5.74) is 3.11. The predicted molar refractivity (Wildman–Crippen MR) is 109 cm³/mol. The molecule has 11 heteroatoms. The second-order valence-electron chi connectivity index (χ2n) is 7.23. The first-order valence-electron chi connectivity index (χ1n) is 9.18. The molecule has 1 amide bonds. The smallest absolute Gasteiger partial charge is 0.408 e. The number of carbonyl (C=O) groups excluding carboxylic acids is 1. The number of hydrogen-bond donors (Lipinski definition) is 1. The van der Waals surface area contributed by atoms with Crippen LogP contribution < -0.4 is 11.2 Å². The Balaban J connectivity index is 1.78. The summed E-state index contributed by atoms with van der Waals surface area (Å²) in [6.45, 7) is 1.81. The van der Waals surface area contributed by atoms with Gasteiger partial charge in [-0.1, -0.05) is 15.9 Å². The van der Waals surface area contributed by atoms with Crippen LogP contribution in [0.4, 0.5) is 0 Å². The largest absolute Gasteiger partial charge is 0.419 e. The van der Waals surface area contributed by atoms with Crippen LogP contribution in [0.1, 0.15) is 32.6 Å². The van der Waals surface area contributed by atoms with Crippen LogP contribution in [0.2, 0.25) is 0 Å². The van der Waals surface area contributed by atoms with E-state index in [1.807, 2.05) is 0 Å². The second-order valence-corrected chi connectivity index (χ2v) is 10.6. The van der Waals surface area contributed by atoms with Gasteiger partial charge in [0.2, 0.25) is 0 Å². The molecule has 1 N–H and O–H groups in total. The van der Waals surface area contributed by atoms with Gasteiger partial charge in [0.15, 0.2) is 26.5 Å². The van der Waals surface area contributed by atoms with E-state index in [0.29, 0.717) is 24.1 Å². The van der Waals surface area contributed by atoms with Gasteiger partial charge in [0.25, 0.3) is 5.91 Å². The van der Waals surface area contributed by atoms with Crippen molar-refractivity contribution in [1.82, 2.24) is 10.0 Å². The lowest BCUT2D eigenvalue weighted by atomic mass is 10.1. The number of hydroxylamine groups is 1. The molecule has 0 spiro atoms. The molecule has 1 aromatic carbocycles. The van der Waals surface area contributed by atoms with Gasteiger partial charge in [-0.3, -0.25) is 9.36 Å². The molecule has 0 saturated carbocycles. The number of nitrogens with one attached hydrogen (secondary N) is 1. The van der Waals surface area contributed by atoms with Crippen LogP contribution in [0.15, 0.2) is 31.9 Å². The Morgan fingerprint density at radius 3 is 2.83 bits per heavy atom. The summed E-state index contributed by atoms with van der Waals surface area (Å²) < 4.78 is 35.7. The van der Waals surface area contributed by atoms with Crippen molar-refractivity contribution in [2.45, 2.75) is 50.2 Å². The van der Waals surface area contributed by atoms with E-state index in [1.54, 1.807) is 18.2 Å². The molecule has 1 aliphatic heterocycles. The molecule has 2 aromatic rings. The number of ether oxygens (including phenoxy) is 1. The van der Waals surface area contributed by atoms with Crippen LogP contribution >= 0.6 is 15.9 Å². The first-order valence-corrected chi connectivity index (χ1v) is 11.9. The van der Waals surface area contributed by atoms with E-state index in [9.17, 15) is 18.0 Å². The maximum Gasteiger partial charge on any atom is 0.419 e. The maximum atomic E-state index is 12.7. The Morgan fingerprint density at radius 2 is 2.17 bits per heavy atom. The minimum Gasteiger partial charge on any atom is -0.408 e. The molecular formula is C18H23BrN2O7S. The summed E-state index contributed by atoms with van der Waals surface area (Å²) in [5.74, 6) is -1.43. The first kappa shape index (κ1) is 22.0. The molecule has 2 atom stereocenters. The number of carbonyl (C=O) groups is 1. The van der Waals surface area contributed by atoms with Crippen molar-refractivity contribution in [3.63, 3.8) is 0 Å². The lowest BCUT2D eigenvalue weighted by molar-refractivity contribution is -0.201. The maximum absolute atomic E-state index is 12.7. The molecule has 160 valence electrons. The number of hydrogen-bond acceptors (Lipinski definition) is 7. The van der Waals surface area contributed by atoms with Crippen molar-refractivity contribution in [2.75, 3.05) is 12.9 Å². The highest BCUT2D eigenvalue weighted by Gasteiger charge is 2.44. The third-order valence-electron chi connectivity index (χ3n) is 5.16. The highest BCUT2D eigenvalue weighted by Crippen LogP contribution is 2.25. The normalized spacial score (nSPS) is 19.8. The van der Waals surface area contributed by atoms with E-state index >= 15 is 0 Å². The van der Waals surface area contributed by atoms with Crippen LogP contribution in [-0.2, 0) is 30.8 Å². The van der Waals surface area contributed by atoms with Crippen LogP contribution in [0.5, 0.6) is 0 Å². The number of sulfone groups is 1. The summed E-state index contributed by atoms with van der Waals surface area (Å²) in [4.78, 5) is 30.2. The monoisotopic (exact) mass is 490 g/mol. The second kappa shape index (κ2) is 8.58. The van der Waals surface area contributed by atoms with Crippen molar-refractivity contribution < 1.29 is 27.2 Å². The summed E-state index contributed by atoms with van der Waals surface area (Å²) >= 11 is 3.30. The molecule has 2 heterocycles. The van der Waals surface area contributed by atoms with E-state index in [2.05, 4.69) is 21.4 Å². The van der Waals surface area contributed by atoms with Gasteiger partial charge in [-0.15, -0.1) is 0 Å².